The van der Waals surface area contributed by atoms with Crippen molar-refractivity contribution in [2.24, 2.45) is 0 Å². The predicted octanol–water partition coefficient (Wildman–Crippen LogP) is 2.26. The number of hydrogen-bond acceptors (Lipinski definition) is 4. The summed E-state index contributed by atoms with van der Waals surface area (Å²) >= 11 is 0. The van der Waals surface area contributed by atoms with E-state index < -0.39 is 0 Å². The Morgan fingerprint density at radius 3 is 2.70 bits per heavy atom. The van der Waals surface area contributed by atoms with Crippen LogP contribution in [0.25, 0.3) is 0 Å². The Hall–Kier alpha value is -1.94. The third-order valence-electron chi connectivity index (χ3n) is 4.35. The van der Waals surface area contributed by atoms with Crippen molar-refractivity contribution in [1.82, 2.24) is 14.9 Å². The van der Waals surface area contributed by atoms with Gasteiger partial charge in [-0.05, 0) is 30.0 Å². The minimum atomic E-state index is 0.477. The summed E-state index contributed by atoms with van der Waals surface area (Å²) in [7, 11) is 0. The molecule has 1 aromatic carbocycles. The lowest BCUT2D eigenvalue weighted by atomic mass is 10.0. The number of likely N-dealkylation sites (tertiary alicyclic amines) is 1. The zero-order valence-corrected chi connectivity index (χ0v) is 11.4. The van der Waals surface area contributed by atoms with E-state index in [-0.39, 0.29) is 0 Å². The largest absolute Gasteiger partial charge is 0.349 e. The van der Waals surface area contributed by atoms with E-state index >= 15 is 0 Å². The van der Waals surface area contributed by atoms with Gasteiger partial charge in [0.2, 0.25) is 5.95 Å². The van der Waals surface area contributed by atoms with Gasteiger partial charge in [-0.3, -0.25) is 4.90 Å². The van der Waals surface area contributed by atoms with Gasteiger partial charge in [0.1, 0.15) is 0 Å². The Morgan fingerprint density at radius 2 is 1.85 bits per heavy atom. The molecule has 0 saturated carbocycles. The molecule has 1 saturated heterocycles. The smallest absolute Gasteiger partial charge is 0.222 e. The van der Waals surface area contributed by atoms with E-state index in [1.807, 2.05) is 6.07 Å². The Kier molecular flexibility index (Phi) is 2.89. The second-order valence-electron chi connectivity index (χ2n) is 5.62. The van der Waals surface area contributed by atoms with Crippen molar-refractivity contribution in [3.05, 3.63) is 53.9 Å². The van der Waals surface area contributed by atoms with Crippen molar-refractivity contribution in [3.63, 3.8) is 0 Å². The van der Waals surface area contributed by atoms with Gasteiger partial charge >= 0.3 is 0 Å². The second kappa shape index (κ2) is 4.87. The lowest BCUT2D eigenvalue weighted by Crippen LogP contribution is -2.55. The molecule has 4 heteroatoms. The Bertz CT molecular complexity index is 592. The minimum Gasteiger partial charge on any atom is -0.349 e. The molecule has 1 aliphatic carbocycles. The number of nitrogens with one attached hydrogen (secondary N) is 1. The van der Waals surface area contributed by atoms with Gasteiger partial charge in [-0.1, -0.05) is 24.3 Å². The monoisotopic (exact) mass is 266 g/mol. The summed E-state index contributed by atoms with van der Waals surface area (Å²) in [6, 6.07) is 11.8. The van der Waals surface area contributed by atoms with Crippen LogP contribution in [-0.2, 0) is 6.42 Å². The van der Waals surface area contributed by atoms with Crippen molar-refractivity contribution in [2.45, 2.75) is 24.9 Å². The van der Waals surface area contributed by atoms with Gasteiger partial charge in [-0.15, -0.1) is 0 Å². The Morgan fingerprint density at radius 1 is 1.05 bits per heavy atom. The van der Waals surface area contributed by atoms with Crippen LogP contribution < -0.4 is 5.32 Å². The van der Waals surface area contributed by atoms with Crippen LogP contribution in [0.2, 0.25) is 0 Å². The lowest BCUT2D eigenvalue weighted by molar-refractivity contribution is 0.102. The normalized spacial score (nSPS) is 22.3. The molecule has 1 fully saturated rings. The van der Waals surface area contributed by atoms with Crippen molar-refractivity contribution in [3.8, 4) is 0 Å². The molecule has 1 aromatic heterocycles. The number of benzene rings is 1. The van der Waals surface area contributed by atoms with Crippen LogP contribution in [0, 0.1) is 0 Å². The van der Waals surface area contributed by atoms with Gasteiger partial charge < -0.3 is 5.32 Å². The summed E-state index contributed by atoms with van der Waals surface area (Å²) in [6.07, 6.45) is 6.03. The third kappa shape index (κ3) is 2.06. The number of rotatable bonds is 3. The zero-order valence-electron chi connectivity index (χ0n) is 11.4. The molecule has 1 N–H and O–H groups in total. The first-order valence-electron chi connectivity index (χ1n) is 7.25. The second-order valence-corrected chi connectivity index (χ2v) is 5.62. The summed E-state index contributed by atoms with van der Waals surface area (Å²) in [5.74, 6) is 0.740. The first-order chi connectivity index (χ1) is 9.90. The number of fused-ring (bicyclic) bond motifs is 1. The molecular weight excluding hydrogens is 248 g/mol. The highest BCUT2D eigenvalue weighted by molar-refractivity contribution is 5.35. The van der Waals surface area contributed by atoms with Gasteiger partial charge in [-0.2, -0.15) is 0 Å². The predicted molar refractivity (Wildman–Crippen MR) is 78.5 cm³/mol. The molecule has 20 heavy (non-hydrogen) atoms. The molecule has 4 rings (SSSR count). The molecule has 0 bridgehead atoms. The Labute approximate surface area is 118 Å². The summed E-state index contributed by atoms with van der Waals surface area (Å²) in [6.45, 7) is 2.16. The summed E-state index contributed by atoms with van der Waals surface area (Å²) in [4.78, 5) is 11.0. The number of hydrogen-bond donors (Lipinski definition) is 1. The zero-order chi connectivity index (χ0) is 13.4. The van der Waals surface area contributed by atoms with E-state index in [9.17, 15) is 0 Å². The van der Waals surface area contributed by atoms with E-state index in [0.29, 0.717) is 12.1 Å². The van der Waals surface area contributed by atoms with Crippen molar-refractivity contribution < 1.29 is 0 Å². The minimum absolute atomic E-state index is 0.477. The van der Waals surface area contributed by atoms with Gasteiger partial charge in [0, 0.05) is 31.5 Å². The molecule has 0 spiro atoms. The average Bonchev–Trinajstić information content (AvgIpc) is 2.87. The quantitative estimate of drug-likeness (QED) is 0.925. The van der Waals surface area contributed by atoms with Crippen LogP contribution in [0.3, 0.4) is 0 Å². The molecule has 1 atom stereocenters. The number of anilines is 1. The SMILES string of the molecule is c1cnc(NC2CN(C3CCc4ccccc43)C2)nc1. The van der Waals surface area contributed by atoms with E-state index in [1.165, 1.54) is 24.0 Å². The highest BCUT2D eigenvalue weighted by atomic mass is 15.3. The summed E-state index contributed by atoms with van der Waals surface area (Å²) < 4.78 is 0. The fourth-order valence-corrected chi connectivity index (χ4v) is 3.33. The standard InChI is InChI=1S/C16H18N4/c1-2-5-14-12(4-1)6-7-15(14)20-10-13(11-20)19-16-17-8-3-9-18-16/h1-5,8-9,13,15H,6-7,10-11H2,(H,17,18,19). The van der Waals surface area contributed by atoms with Crippen LogP contribution in [0.5, 0.6) is 0 Å². The van der Waals surface area contributed by atoms with E-state index in [0.717, 1.165) is 19.0 Å². The molecule has 1 aliphatic heterocycles. The molecule has 2 heterocycles. The third-order valence-corrected chi connectivity index (χ3v) is 4.35. The number of aryl methyl sites for hydroxylation is 1. The number of aromatic nitrogens is 2. The van der Waals surface area contributed by atoms with Gasteiger partial charge in [0.25, 0.3) is 0 Å². The maximum atomic E-state index is 4.22. The molecular formula is C16H18N4. The highest BCUT2D eigenvalue weighted by Crippen LogP contribution is 2.38. The molecule has 2 aromatic rings. The van der Waals surface area contributed by atoms with Gasteiger partial charge in [-0.25, -0.2) is 9.97 Å². The highest BCUT2D eigenvalue weighted by Gasteiger charge is 2.36. The molecule has 0 radical (unpaired) electrons. The van der Waals surface area contributed by atoms with E-state index in [1.54, 1.807) is 12.4 Å². The average molecular weight is 266 g/mol. The summed E-state index contributed by atoms with van der Waals surface area (Å²) in [5.41, 5.74) is 3.06. The molecule has 1 unspecified atom stereocenters. The molecule has 102 valence electrons. The maximum absolute atomic E-state index is 4.22. The molecule has 0 amide bonds. The lowest BCUT2D eigenvalue weighted by Gasteiger charge is -2.43. The summed E-state index contributed by atoms with van der Waals surface area (Å²) in [5, 5.41) is 3.39. The van der Waals surface area contributed by atoms with Crippen molar-refractivity contribution in [1.29, 1.82) is 0 Å². The first kappa shape index (κ1) is 11.9. The van der Waals surface area contributed by atoms with E-state index in [4.69, 9.17) is 0 Å². The van der Waals surface area contributed by atoms with Crippen molar-refractivity contribution in [2.75, 3.05) is 18.4 Å². The number of nitrogens with zero attached hydrogens (tertiary/aromatic N) is 3. The van der Waals surface area contributed by atoms with Gasteiger partial charge in [0.15, 0.2) is 0 Å². The van der Waals surface area contributed by atoms with Gasteiger partial charge in [0.05, 0.1) is 6.04 Å². The van der Waals surface area contributed by atoms with Crippen LogP contribution in [0.4, 0.5) is 5.95 Å². The van der Waals surface area contributed by atoms with Crippen LogP contribution >= 0.6 is 0 Å². The molecule has 2 aliphatic rings. The van der Waals surface area contributed by atoms with Crippen LogP contribution in [0.15, 0.2) is 42.7 Å². The van der Waals surface area contributed by atoms with Crippen LogP contribution in [0.1, 0.15) is 23.6 Å². The topological polar surface area (TPSA) is 41.1 Å². The van der Waals surface area contributed by atoms with Crippen molar-refractivity contribution >= 4 is 5.95 Å². The first-order valence-corrected chi connectivity index (χ1v) is 7.25. The van der Waals surface area contributed by atoms with E-state index in [2.05, 4.69) is 44.5 Å². The maximum Gasteiger partial charge on any atom is 0.222 e. The fraction of sp³-hybridized carbons (Fsp3) is 0.375. The Balaban J connectivity index is 1.38. The molecule has 4 nitrogen and oxygen atoms in total. The fourth-order valence-electron chi connectivity index (χ4n) is 3.33. The van der Waals surface area contributed by atoms with Crippen LogP contribution in [-0.4, -0.2) is 34.0 Å².